The Morgan fingerprint density at radius 1 is 1.32 bits per heavy atom. The molecule has 3 heteroatoms. The third kappa shape index (κ3) is 2.37. The Labute approximate surface area is 115 Å². The summed E-state index contributed by atoms with van der Waals surface area (Å²) in [5.74, 6) is 0. The fourth-order valence-electron chi connectivity index (χ4n) is 2.74. The molecule has 0 fully saturated rings. The van der Waals surface area contributed by atoms with Gasteiger partial charge in [-0.2, -0.15) is 0 Å². The fraction of sp³-hybridized carbons (Fsp3) is 0.438. The Morgan fingerprint density at radius 3 is 2.63 bits per heavy atom. The molecule has 0 spiro atoms. The maximum atomic E-state index is 12.4. The molecule has 1 aromatic carbocycles. The Hall–Kier alpha value is -1.77. The number of allylic oxidation sites excluding steroid dienone is 1. The lowest BCUT2D eigenvalue weighted by molar-refractivity contribution is 0.243. The van der Waals surface area contributed by atoms with Crippen molar-refractivity contribution in [1.29, 1.82) is 0 Å². The summed E-state index contributed by atoms with van der Waals surface area (Å²) in [6.45, 7) is 10.9. The summed E-state index contributed by atoms with van der Waals surface area (Å²) in [5.41, 5.74) is 4.25. The molecule has 2 rings (SSSR count). The van der Waals surface area contributed by atoms with Crippen LogP contribution in [0.2, 0.25) is 0 Å². The van der Waals surface area contributed by atoms with E-state index in [1.165, 1.54) is 11.1 Å². The van der Waals surface area contributed by atoms with Crippen LogP contribution >= 0.6 is 0 Å². The standard InChI is InChI=1S/C16H22N2O/c1-6-17-15(19)18-14-8-7-11(2)9-13(14)12(3)10-16(18,4)5/h7-10H,6H2,1-5H3,(H,17,19). The molecule has 0 radical (unpaired) electrons. The second-order valence-corrected chi connectivity index (χ2v) is 5.67. The van der Waals surface area contributed by atoms with Crippen molar-refractivity contribution in [3.05, 3.63) is 35.4 Å². The topological polar surface area (TPSA) is 32.3 Å². The van der Waals surface area contributed by atoms with Gasteiger partial charge in [0, 0.05) is 12.1 Å². The molecular formula is C16H22N2O. The van der Waals surface area contributed by atoms with Gasteiger partial charge in [-0.25, -0.2) is 4.79 Å². The number of aryl methyl sites for hydroxylation is 1. The van der Waals surface area contributed by atoms with Gasteiger partial charge in [-0.1, -0.05) is 17.7 Å². The van der Waals surface area contributed by atoms with Crippen LogP contribution in [0, 0.1) is 6.92 Å². The normalized spacial score (nSPS) is 16.7. The second-order valence-electron chi connectivity index (χ2n) is 5.67. The van der Waals surface area contributed by atoms with Crippen molar-refractivity contribution >= 4 is 17.3 Å². The molecule has 2 amide bonds. The summed E-state index contributed by atoms with van der Waals surface area (Å²) >= 11 is 0. The molecule has 0 unspecified atom stereocenters. The van der Waals surface area contributed by atoms with Crippen LogP contribution in [0.25, 0.3) is 5.57 Å². The minimum Gasteiger partial charge on any atom is -0.338 e. The van der Waals surface area contributed by atoms with Gasteiger partial charge in [0.15, 0.2) is 0 Å². The van der Waals surface area contributed by atoms with Gasteiger partial charge in [-0.3, -0.25) is 4.90 Å². The number of nitrogens with zero attached hydrogens (tertiary/aromatic N) is 1. The zero-order chi connectivity index (χ0) is 14.2. The van der Waals surface area contributed by atoms with Crippen LogP contribution in [0.5, 0.6) is 0 Å². The first-order valence-electron chi connectivity index (χ1n) is 6.75. The van der Waals surface area contributed by atoms with Crippen molar-refractivity contribution in [3.8, 4) is 0 Å². The van der Waals surface area contributed by atoms with E-state index >= 15 is 0 Å². The molecule has 0 saturated heterocycles. The molecule has 0 atom stereocenters. The maximum absolute atomic E-state index is 12.4. The zero-order valence-corrected chi connectivity index (χ0v) is 12.4. The highest BCUT2D eigenvalue weighted by atomic mass is 16.2. The van der Waals surface area contributed by atoms with Crippen molar-refractivity contribution in [3.63, 3.8) is 0 Å². The Balaban J connectivity index is 2.57. The number of benzene rings is 1. The van der Waals surface area contributed by atoms with Crippen LogP contribution in [0.3, 0.4) is 0 Å². The average Bonchev–Trinajstić information content (AvgIpc) is 2.29. The second kappa shape index (κ2) is 4.72. The van der Waals surface area contributed by atoms with E-state index < -0.39 is 0 Å². The summed E-state index contributed by atoms with van der Waals surface area (Å²) in [4.78, 5) is 14.2. The van der Waals surface area contributed by atoms with E-state index in [1.807, 2.05) is 17.9 Å². The summed E-state index contributed by atoms with van der Waals surface area (Å²) in [6, 6.07) is 6.20. The SMILES string of the molecule is CCNC(=O)N1c2ccc(C)cc2C(C)=CC1(C)C. The van der Waals surface area contributed by atoms with E-state index in [-0.39, 0.29) is 11.6 Å². The van der Waals surface area contributed by atoms with Gasteiger partial charge in [-0.05, 0) is 52.3 Å². The Kier molecular flexibility index (Phi) is 3.40. The number of fused-ring (bicyclic) bond motifs is 1. The molecule has 0 bridgehead atoms. The predicted molar refractivity (Wildman–Crippen MR) is 80.5 cm³/mol. The monoisotopic (exact) mass is 258 g/mol. The quantitative estimate of drug-likeness (QED) is 0.818. The summed E-state index contributed by atoms with van der Waals surface area (Å²) in [6.07, 6.45) is 2.16. The van der Waals surface area contributed by atoms with E-state index in [9.17, 15) is 4.79 Å². The molecule has 19 heavy (non-hydrogen) atoms. The van der Waals surface area contributed by atoms with Gasteiger partial charge in [0.2, 0.25) is 0 Å². The number of urea groups is 1. The highest BCUT2D eigenvalue weighted by molar-refractivity contribution is 5.99. The van der Waals surface area contributed by atoms with E-state index in [0.717, 1.165) is 11.3 Å². The minimum atomic E-state index is -0.314. The smallest absolute Gasteiger partial charge is 0.322 e. The molecule has 3 nitrogen and oxygen atoms in total. The van der Waals surface area contributed by atoms with Crippen LogP contribution in [0.15, 0.2) is 24.3 Å². The van der Waals surface area contributed by atoms with Crippen LogP contribution in [-0.4, -0.2) is 18.1 Å². The van der Waals surface area contributed by atoms with Crippen molar-refractivity contribution < 1.29 is 4.79 Å². The molecule has 0 saturated carbocycles. The highest BCUT2D eigenvalue weighted by Gasteiger charge is 2.35. The lowest BCUT2D eigenvalue weighted by Crippen LogP contribution is -2.53. The first kappa shape index (κ1) is 13.7. The Bertz CT molecular complexity index is 544. The number of rotatable bonds is 1. The summed E-state index contributed by atoms with van der Waals surface area (Å²) in [5, 5.41) is 2.90. The molecular weight excluding hydrogens is 236 g/mol. The molecule has 0 aliphatic carbocycles. The largest absolute Gasteiger partial charge is 0.338 e. The molecule has 1 aliphatic rings. The van der Waals surface area contributed by atoms with Crippen molar-refractivity contribution in [2.75, 3.05) is 11.4 Å². The molecule has 1 aromatic rings. The number of hydrogen-bond donors (Lipinski definition) is 1. The van der Waals surface area contributed by atoms with Gasteiger partial charge < -0.3 is 5.32 Å². The van der Waals surface area contributed by atoms with Gasteiger partial charge in [0.25, 0.3) is 0 Å². The van der Waals surface area contributed by atoms with Crippen LogP contribution in [0.4, 0.5) is 10.5 Å². The summed E-state index contributed by atoms with van der Waals surface area (Å²) < 4.78 is 0. The van der Waals surface area contributed by atoms with Gasteiger partial charge in [-0.15, -0.1) is 0 Å². The van der Waals surface area contributed by atoms with E-state index in [1.54, 1.807) is 0 Å². The third-order valence-electron chi connectivity index (χ3n) is 3.49. The fourth-order valence-corrected chi connectivity index (χ4v) is 2.74. The molecule has 1 heterocycles. The molecule has 102 valence electrons. The van der Waals surface area contributed by atoms with E-state index in [0.29, 0.717) is 6.54 Å². The van der Waals surface area contributed by atoms with Gasteiger partial charge >= 0.3 is 6.03 Å². The Morgan fingerprint density at radius 2 is 2.00 bits per heavy atom. The number of nitrogens with one attached hydrogen (secondary N) is 1. The van der Waals surface area contributed by atoms with Crippen LogP contribution in [0.1, 0.15) is 38.8 Å². The van der Waals surface area contributed by atoms with Crippen LogP contribution < -0.4 is 10.2 Å². The van der Waals surface area contributed by atoms with Gasteiger partial charge in [0.1, 0.15) is 0 Å². The van der Waals surface area contributed by atoms with E-state index in [2.05, 4.69) is 51.2 Å². The summed E-state index contributed by atoms with van der Waals surface area (Å²) in [7, 11) is 0. The first-order chi connectivity index (χ1) is 8.86. The third-order valence-corrected chi connectivity index (χ3v) is 3.49. The number of carbonyl (C=O) groups is 1. The molecule has 0 aromatic heterocycles. The maximum Gasteiger partial charge on any atom is 0.322 e. The number of hydrogen-bond acceptors (Lipinski definition) is 1. The van der Waals surface area contributed by atoms with Crippen molar-refractivity contribution in [2.45, 2.75) is 40.2 Å². The highest BCUT2D eigenvalue weighted by Crippen LogP contribution is 2.39. The number of carbonyl (C=O) groups excluding carboxylic acids is 1. The van der Waals surface area contributed by atoms with Gasteiger partial charge in [0.05, 0.1) is 11.2 Å². The lowest BCUT2D eigenvalue weighted by atomic mass is 9.88. The van der Waals surface area contributed by atoms with E-state index in [4.69, 9.17) is 0 Å². The van der Waals surface area contributed by atoms with Crippen molar-refractivity contribution in [2.24, 2.45) is 0 Å². The van der Waals surface area contributed by atoms with Crippen LogP contribution in [-0.2, 0) is 0 Å². The molecule has 1 N–H and O–H groups in total. The first-order valence-corrected chi connectivity index (χ1v) is 6.75. The predicted octanol–water partition coefficient (Wildman–Crippen LogP) is 3.73. The number of amides is 2. The molecule has 1 aliphatic heterocycles. The number of anilines is 1. The van der Waals surface area contributed by atoms with Crippen molar-refractivity contribution in [1.82, 2.24) is 5.32 Å². The zero-order valence-electron chi connectivity index (χ0n) is 12.4. The lowest BCUT2D eigenvalue weighted by Gasteiger charge is -2.41. The average molecular weight is 258 g/mol. The minimum absolute atomic E-state index is 0.0404.